The maximum atomic E-state index is 13.6. The third-order valence-electron chi connectivity index (χ3n) is 2.38. The molecule has 0 N–H and O–H groups in total. The van der Waals surface area contributed by atoms with E-state index in [1.807, 2.05) is 19.9 Å². The van der Waals surface area contributed by atoms with Crippen molar-refractivity contribution in [3.05, 3.63) is 29.1 Å². The molecule has 0 spiro atoms. The smallest absolute Gasteiger partial charge is 0.126 e. The molecule has 74 valence electrons. The lowest BCUT2D eigenvalue weighted by Gasteiger charge is -2.17. The molecule has 2 heteroatoms. The summed E-state index contributed by atoms with van der Waals surface area (Å²) in [4.78, 5) is 0. The molecule has 0 aliphatic carbocycles. The van der Waals surface area contributed by atoms with Crippen LogP contribution >= 0.6 is 0 Å². The molecule has 0 amide bonds. The Morgan fingerprint density at radius 1 is 1.07 bits per heavy atom. The van der Waals surface area contributed by atoms with Crippen molar-refractivity contribution in [1.29, 1.82) is 0 Å². The van der Waals surface area contributed by atoms with Gasteiger partial charge in [-0.15, -0.1) is 0 Å². The summed E-state index contributed by atoms with van der Waals surface area (Å²) in [6, 6.07) is 3.28. The zero-order valence-corrected chi connectivity index (χ0v) is 9.26. The van der Waals surface area contributed by atoms with Gasteiger partial charge in [-0.3, -0.25) is 0 Å². The lowest BCUT2D eigenvalue weighted by atomic mass is 9.84. The van der Waals surface area contributed by atoms with Gasteiger partial charge in [0, 0.05) is 0 Å². The minimum absolute atomic E-state index is 0.177. The van der Waals surface area contributed by atoms with Crippen molar-refractivity contribution in [1.82, 2.24) is 0 Å². The maximum absolute atomic E-state index is 13.6. The zero-order chi connectivity index (χ0) is 10.9. The highest BCUT2D eigenvalue weighted by molar-refractivity contribution is 6.32. The number of halogens is 1. The first kappa shape index (κ1) is 11.3. The minimum atomic E-state index is -0.177. The Bertz CT molecular complexity index is 329. The summed E-state index contributed by atoms with van der Waals surface area (Å²) < 4.78 is 13.6. The van der Waals surface area contributed by atoms with Crippen molar-refractivity contribution in [3.8, 4) is 0 Å². The first-order valence-corrected chi connectivity index (χ1v) is 5.02. The minimum Gasteiger partial charge on any atom is -0.207 e. The topological polar surface area (TPSA) is 0 Å². The van der Waals surface area contributed by atoms with Gasteiger partial charge in [-0.05, 0) is 29.0 Å². The van der Waals surface area contributed by atoms with Crippen LogP contribution < -0.4 is 5.46 Å². The van der Waals surface area contributed by atoms with Gasteiger partial charge in [-0.1, -0.05) is 39.2 Å². The Balaban J connectivity index is 3.37. The van der Waals surface area contributed by atoms with Crippen LogP contribution in [0.1, 0.15) is 50.7 Å². The molecule has 0 aromatic heterocycles. The Morgan fingerprint density at radius 2 is 1.64 bits per heavy atom. The Kier molecular flexibility index (Phi) is 3.36. The molecule has 0 atom stereocenters. The third-order valence-corrected chi connectivity index (χ3v) is 2.38. The molecular formula is C12H16BF. The standard InChI is InChI=1S/C12H16BF/c1-7(2)10-5-9(13)6-11(14)12(10)8(3)4/h5-8H,1-4H3. The molecular weight excluding hydrogens is 174 g/mol. The van der Waals surface area contributed by atoms with E-state index in [1.165, 1.54) is 6.07 Å². The average Bonchev–Trinajstić information content (AvgIpc) is 2.01. The molecule has 0 nitrogen and oxygen atoms in total. The quantitative estimate of drug-likeness (QED) is 0.629. The molecule has 0 fully saturated rings. The van der Waals surface area contributed by atoms with Gasteiger partial charge in [0.1, 0.15) is 13.7 Å². The third kappa shape index (κ3) is 2.17. The molecule has 0 saturated carbocycles. The summed E-state index contributed by atoms with van der Waals surface area (Å²) in [5, 5.41) is 0. The van der Waals surface area contributed by atoms with Gasteiger partial charge in [0.05, 0.1) is 0 Å². The van der Waals surface area contributed by atoms with Gasteiger partial charge in [0.15, 0.2) is 0 Å². The molecule has 0 aliphatic rings. The monoisotopic (exact) mass is 190 g/mol. The number of hydrogen-bond donors (Lipinski definition) is 0. The SMILES string of the molecule is [B]c1cc(F)c(C(C)C)c(C(C)C)c1. The Hall–Kier alpha value is -0.785. The van der Waals surface area contributed by atoms with Crippen molar-refractivity contribution >= 4 is 13.3 Å². The number of benzene rings is 1. The van der Waals surface area contributed by atoms with E-state index < -0.39 is 0 Å². The van der Waals surface area contributed by atoms with Crippen LogP contribution in [0.4, 0.5) is 4.39 Å². The number of hydrogen-bond acceptors (Lipinski definition) is 0. The lowest BCUT2D eigenvalue weighted by Crippen LogP contribution is -2.11. The zero-order valence-electron chi connectivity index (χ0n) is 9.26. The second-order valence-corrected chi connectivity index (χ2v) is 4.32. The predicted octanol–water partition coefficient (Wildman–Crippen LogP) is 2.87. The molecule has 14 heavy (non-hydrogen) atoms. The van der Waals surface area contributed by atoms with Crippen LogP contribution in [-0.2, 0) is 0 Å². The van der Waals surface area contributed by atoms with Crippen LogP contribution in [0.25, 0.3) is 0 Å². The van der Waals surface area contributed by atoms with Gasteiger partial charge in [0.2, 0.25) is 0 Å². The first-order valence-electron chi connectivity index (χ1n) is 5.02. The number of rotatable bonds is 2. The summed E-state index contributed by atoms with van der Waals surface area (Å²) in [6.45, 7) is 8.11. The Morgan fingerprint density at radius 3 is 2.07 bits per heavy atom. The normalized spacial score (nSPS) is 11.4. The molecule has 1 aromatic carbocycles. The van der Waals surface area contributed by atoms with Crippen LogP contribution in [0.15, 0.2) is 12.1 Å². The molecule has 2 radical (unpaired) electrons. The summed E-state index contributed by atoms with van der Waals surface area (Å²) >= 11 is 0. The molecule has 1 rings (SSSR count). The molecule has 0 saturated heterocycles. The van der Waals surface area contributed by atoms with Crippen LogP contribution in [0.2, 0.25) is 0 Å². The highest BCUT2D eigenvalue weighted by Gasteiger charge is 2.14. The van der Waals surface area contributed by atoms with Crippen molar-refractivity contribution in [2.24, 2.45) is 0 Å². The highest BCUT2D eigenvalue weighted by atomic mass is 19.1. The predicted molar refractivity (Wildman–Crippen MR) is 60.0 cm³/mol. The fourth-order valence-corrected chi connectivity index (χ4v) is 1.75. The molecule has 0 aliphatic heterocycles. The van der Waals surface area contributed by atoms with E-state index in [9.17, 15) is 4.39 Å². The highest BCUT2D eigenvalue weighted by Crippen LogP contribution is 2.27. The van der Waals surface area contributed by atoms with E-state index in [2.05, 4.69) is 13.8 Å². The van der Waals surface area contributed by atoms with E-state index in [0.29, 0.717) is 11.4 Å². The second-order valence-electron chi connectivity index (χ2n) is 4.32. The van der Waals surface area contributed by atoms with E-state index in [-0.39, 0.29) is 11.7 Å². The van der Waals surface area contributed by atoms with Crippen LogP contribution in [0.3, 0.4) is 0 Å². The van der Waals surface area contributed by atoms with Gasteiger partial charge < -0.3 is 0 Å². The van der Waals surface area contributed by atoms with Crippen molar-refractivity contribution in [3.63, 3.8) is 0 Å². The van der Waals surface area contributed by atoms with Gasteiger partial charge in [-0.25, -0.2) is 4.39 Å². The fourth-order valence-electron chi connectivity index (χ4n) is 1.75. The van der Waals surface area contributed by atoms with Crippen molar-refractivity contribution in [2.45, 2.75) is 39.5 Å². The molecule has 1 aromatic rings. The van der Waals surface area contributed by atoms with Gasteiger partial charge >= 0.3 is 0 Å². The summed E-state index contributed by atoms with van der Waals surface area (Å²) in [5.74, 6) is 0.335. The largest absolute Gasteiger partial charge is 0.207 e. The lowest BCUT2D eigenvalue weighted by molar-refractivity contribution is 0.591. The first-order chi connectivity index (χ1) is 6.43. The fraction of sp³-hybridized carbons (Fsp3) is 0.500. The van der Waals surface area contributed by atoms with Crippen molar-refractivity contribution < 1.29 is 4.39 Å². The summed E-state index contributed by atoms with van der Waals surface area (Å²) in [7, 11) is 5.63. The summed E-state index contributed by atoms with van der Waals surface area (Å²) in [6.07, 6.45) is 0. The van der Waals surface area contributed by atoms with Crippen LogP contribution in [0, 0.1) is 5.82 Å². The second kappa shape index (κ2) is 4.16. The average molecular weight is 190 g/mol. The maximum Gasteiger partial charge on any atom is 0.126 e. The van der Waals surface area contributed by atoms with E-state index in [4.69, 9.17) is 7.85 Å². The van der Waals surface area contributed by atoms with E-state index >= 15 is 0 Å². The van der Waals surface area contributed by atoms with Crippen molar-refractivity contribution in [2.75, 3.05) is 0 Å². The van der Waals surface area contributed by atoms with Gasteiger partial charge in [-0.2, -0.15) is 0 Å². The summed E-state index contributed by atoms with van der Waals surface area (Å²) in [5.41, 5.74) is 2.34. The van der Waals surface area contributed by atoms with E-state index in [0.717, 1.165) is 11.1 Å². The molecule has 0 heterocycles. The van der Waals surface area contributed by atoms with Gasteiger partial charge in [0.25, 0.3) is 0 Å². The van der Waals surface area contributed by atoms with E-state index in [1.54, 1.807) is 0 Å². The molecule has 0 bridgehead atoms. The van der Waals surface area contributed by atoms with Crippen LogP contribution in [-0.4, -0.2) is 7.85 Å². The molecule has 0 unspecified atom stereocenters. The van der Waals surface area contributed by atoms with Crippen LogP contribution in [0.5, 0.6) is 0 Å². The Labute approximate surface area is 86.9 Å².